The van der Waals surface area contributed by atoms with E-state index in [0.717, 1.165) is 38.2 Å². The summed E-state index contributed by atoms with van der Waals surface area (Å²) < 4.78 is 5.59. The minimum atomic E-state index is 0.480. The van der Waals surface area contributed by atoms with Gasteiger partial charge in [-0.25, -0.2) is 0 Å². The lowest BCUT2D eigenvalue weighted by molar-refractivity contribution is 0.302. The Morgan fingerprint density at radius 3 is 2.85 bits per heavy atom. The van der Waals surface area contributed by atoms with Crippen molar-refractivity contribution in [2.24, 2.45) is 0 Å². The van der Waals surface area contributed by atoms with Gasteiger partial charge in [0.15, 0.2) is 5.82 Å². The number of nitrogens with one attached hydrogen (secondary N) is 1. The van der Waals surface area contributed by atoms with Crippen molar-refractivity contribution < 1.29 is 4.74 Å². The smallest absolute Gasteiger partial charge is 0.234 e. The van der Waals surface area contributed by atoms with Gasteiger partial charge in [-0.2, -0.15) is 4.98 Å². The van der Waals surface area contributed by atoms with Crippen LogP contribution in [0, 0.1) is 0 Å². The summed E-state index contributed by atoms with van der Waals surface area (Å²) in [5.74, 6) is 1.57. The minimum absolute atomic E-state index is 0.480. The largest absolute Gasteiger partial charge is 0.477 e. The second-order valence-corrected chi connectivity index (χ2v) is 5.29. The van der Waals surface area contributed by atoms with Gasteiger partial charge >= 0.3 is 0 Å². The van der Waals surface area contributed by atoms with E-state index in [0.29, 0.717) is 24.6 Å². The summed E-state index contributed by atoms with van der Waals surface area (Å²) >= 11 is 0. The van der Waals surface area contributed by atoms with E-state index in [2.05, 4.69) is 41.0 Å². The van der Waals surface area contributed by atoms with E-state index >= 15 is 0 Å². The molecule has 1 saturated heterocycles. The monoisotopic (exact) mass is 278 g/mol. The third-order valence-electron chi connectivity index (χ3n) is 3.81. The van der Waals surface area contributed by atoms with Gasteiger partial charge in [-0.15, -0.1) is 0 Å². The molecule has 0 aromatic carbocycles. The highest BCUT2D eigenvalue weighted by atomic mass is 16.5. The van der Waals surface area contributed by atoms with Crippen molar-refractivity contribution in [1.82, 2.24) is 15.3 Å². The standard InChI is InChI=1S/C15H26N4O/c1-4-7-20-15-10-16-9-14(18-15)19-11-12(5-2)17-8-13(19)6-3/h9-10,12-13,17H,4-8,11H2,1-3H3. The topological polar surface area (TPSA) is 50.3 Å². The lowest BCUT2D eigenvalue weighted by Gasteiger charge is -2.40. The van der Waals surface area contributed by atoms with E-state index in [4.69, 9.17) is 4.74 Å². The first-order valence-corrected chi connectivity index (χ1v) is 7.73. The fraction of sp³-hybridized carbons (Fsp3) is 0.733. The summed E-state index contributed by atoms with van der Waals surface area (Å²) in [6.45, 7) is 9.21. The molecule has 5 heteroatoms. The first kappa shape index (κ1) is 15.0. The van der Waals surface area contributed by atoms with Gasteiger partial charge in [-0.3, -0.25) is 4.98 Å². The highest BCUT2D eigenvalue weighted by Gasteiger charge is 2.27. The van der Waals surface area contributed by atoms with Crippen LogP contribution in [0.25, 0.3) is 0 Å². The van der Waals surface area contributed by atoms with Gasteiger partial charge in [-0.1, -0.05) is 20.8 Å². The van der Waals surface area contributed by atoms with Crippen molar-refractivity contribution in [2.45, 2.75) is 52.1 Å². The zero-order valence-corrected chi connectivity index (χ0v) is 12.8. The Bertz CT molecular complexity index is 413. The summed E-state index contributed by atoms with van der Waals surface area (Å²) in [6, 6.07) is 1.01. The fourth-order valence-electron chi connectivity index (χ4n) is 2.54. The number of ether oxygens (including phenoxy) is 1. The van der Waals surface area contributed by atoms with Gasteiger partial charge < -0.3 is 15.0 Å². The summed E-state index contributed by atoms with van der Waals surface area (Å²) in [6.07, 6.45) is 6.76. The van der Waals surface area contributed by atoms with Crippen LogP contribution in [-0.4, -0.2) is 41.7 Å². The zero-order valence-electron chi connectivity index (χ0n) is 12.8. The van der Waals surface area contributed by atoms with E-state index in [1.165, 1.54) is 0 Å². The van der Waals surface area contributed by atoms with Crippen LogP contribution in [0.15, 0.2) is 12.4 Å². The van der Waals surface area contributed by atoms with Gasteiger partial charge in [0.25, 0.3) is 0 Å². The first-order valence-electron chi connectivity index (χ1n) is 7.73. The molecule has 2 atom stereocenters. The van der Waals surface area contributed by atoms with Crippen molar-refractivity contribution in [1.29, 1.82) is 0 Å². The molecule has 1 N–H and O–H groups in total. The second-order valence-electron chi connectivity index (χ2n) is 5.29. The molecule has 20 heavy (non-hydrogen) atoms. The van der Waals surface area contributed by atoms with Crippen molar-refractivity contribution in [2.75, 3.05) is 24.6 Å². The first-order chi connectivity index (χ1) is 9.78. The Morgan fingerprint density at radius 2 is 2.15 bits per heavy atom. The van der Waals surface area contributed by atoms with E-state index in [1.54, 1.807) is 6.20 Å². The SMILES string of the molecule is CCCOc1cncc(N2CC(CC)NCC2CC)n1. The Hall–Kier alpha value is -1.36. The summed E-state index contributed by atoms with van der Waals surface area (Å²) in [7, 11) is 0. The number of aromatic nitrogens is 2. The van der Waals surface area contributed by atoms with Crippen LogP contribution < -0.4 is 15.0 Å². The Balaban J connectivity index is 2.14. The predicted molar refractivity (Wildman–Crippen MR) is 81.3 cm³/mol. The summed E-state index contributed by atoms with van der Waals surface area (Å²) in [5, 5.41) is 3.60. The van der Waals surface area contributed by atoms with Crippen LogP contribution in [0.5, 0.6) is 5.88 Å². The lowest BCUT2D eigenvalue weighted by atomic mass is 10.1. The molecule has 0 spiro atoms. The molecule has 1 fully saturated rings. The molecule has 1 aromatic heterocycles. The number of anilines is 1. The highest BCUT2D eigenvalue weighted by molar-refractivity contribution is 5.40. The maximum absolute atomic E-state index is 5.59. The maximum Gasteiger partial charge on any atom is 0.234 e. The molecule has 2 rings (SSSR count). The van der Waals surface area contributed by atoms with Crippen molar-refractivity contribution >= 4 is 5.82 Å². The van der Waals surface area contributed by atoms with E-state index < -0.39 is 0 Å². The molecular formula is C15H26N4O. The number of nitrogens with zero attached hydrogens (tertiary/aromatic N) is 3. The van der Waals surface area contributed by atoms with Crippen LogP contribution in [-0.2, 0) is 0 Å². The quantitative estimate of drug-likeness (QED) is 0.865. The van der Waals surface area contributed by atoms with E-state index in [-0.39, 0.29) is 0 Å². The number of hydrogen-bond acceptors (Lipinski definition) is 5. The second kappa shape index (κ2) is 7.43. The number of rotatable bonds is 6. The molecule has 0 radical (unpaired) electrons. The van der Waals surface area contributed by atoms with Gasteiger partial charge in [-0.05, 0) is 19.3 Å². The van der Waals surface area contributed by atoms with Crippen molar-refractivity contribution in [3.8, 4) is 5.88 Å². The Morgan fingerprint density at radius 1 is 1.30 bits per heavy atom. The van der Waals surface area contributed by atoms with Crippen LogP contribution >= 0.6 is 0 Å². The number of piperazine rings is 1. The molecule has 1 aliphatic heterocycles. The summed E-state index contributed by atoms with van der Waals surface area (Å²) in [4.78, 5) is 11.3. The third kappa shape index (κ3) is 3.60. The highest BCUT2D eigenvalue weighted by Crippen LogP contribution is 2.21. The molecule has 0 amide bonds. The van der Waals surface area contributed by atoms with Crippen LogP contribution in [0.2, 0.25) is 0 Å². The van der Waals surface area contributed by atoms with Crippen LogP contribution in [0.1, 0.15) is 40.0 Å². The lowest BCUT2D eigenvalue weighted by Crippen LogP contribution is -2.56. The summed E-state index contributed by atoms with van der Waals surface area (Å²) in [5.41, 5.74) is 0. The molecule has 5 nitrogen and oxygen atoms in total. The zero-order chi connectivity index (χ0) is 14.4. The molecule has 1 aliphatic rings. The van der Waals surface area contributed by atoms with Crippen LogP contribution in [0.4, 0.5) is 5.82 Å². The Kier molecular flexibility index (Phi) is 5.59. The minimum Gasteiger partial charge on any atom is -0.477 e. The van der Waals surface area contributed by atoms with Gasteiger partial charge in [0, 0.05) is 25.2 Å². The predicted octanol–water partition coefficient (Wildman–Crippen LogP) is 2.23. The maximum atomic E-state index is 5.59. The molecule has 0 aliphatic carbocycles. The molecule has 112 valence electrons. The van der Waals surface area contributed by atoms with Crippen molar-refractivity contribution in [3.63, 3.8) is 0 Å². The van der Waals surface area contributed by atoms with Gasteiger partial charge in [0.1, 0.15) is 0 Å². The van der Waals surface area contributed by atoms with Gasteiger partial charge in [0.05, 0.1) is 19.0 Å². The molecule has 2 unspecified atom stereocenters. The number of hydrogen-bond donors (Lipinski definition) is 1. The average molecular weight is 278 g/mol. The van der Waals surface area contributed by atoms with Crippen LogP contribution in [0.3, 0.4) is 0 Å². The normalized spacial score (nSPS) is 22.9. The average Bonchev–Trinajstić information content (AvgIpc) is 2.52. The van der Waals surface area contributed by atoms with E-state index in [1.807, 2.05) is 6.20 Å². The van der Waals surface area contributed by atoms with Crippen molar-refractivity contribution in [3.05, 3.63) is 12.4 Å². The van der Waals surface area contributed by atoms with E-state index in [9.17, 15) is 0 Å². The third-order valence-corrected chi connectivity index (χ3v) is 3.81. The molecule has 0 saturated carbocycles. The molecule has 1 aromatic rings. The van der Waals surface area contributed by atoms with Gasteiger partial charge in [0.2, 0.25) is 5.88 Å². The molecular weight excluding hydrogens is 252 g/mol. The Labute approximate surface area is 121 Å². The fourth-order valence-corrected chi connectivity index (χ4v) is 2.54. The molecule has 2 heterocycles. The molecule has 0 bridgehead atoms.